The van der Waals surface area contributed by atoms with Gasteiger partial charge in [-0.15, -0.1) is 0 Å². The molecule has 0 aliphatic heterocycles. The predicted octanol–water partition coefficient (Wildman–Crippen LogP) is 4.02. The van der Waals surface area contributed by atoms with E-state index in [4.69, 9.17) is 11.6 Å². The lowest BCUT2D eigenvalue weighted by atomic mass is 9.95. The van der Waals surface area contributed by atoms with E-state index in [-0.39, 0.29) is 0 Å². The molecule has 1 rings (SSSR count). The van der Waals surface area contributed by atoms with Crippen LogP contribution in [-0.2, 0) is 4.79 Å². The first-order valence-electron chi connectivity index (χ1n) is 7.07. The third-order valence-electron chi connectivity index (χ3n) is 3.57. The van der Waals surface area contributed by atoms with Gasteiger partial charge in [0.15, 0.2) is 0 Å². The molecular weight excluding hydrogens is 274 g/mol. The average molecular weight is 298 g/mol. The second-order valence-corrected chi connectivity index (χ2v) is 6.09. The smallest absolute Gasteiger partial charge is 0.311 e. The second-order valence-electron chi connectivity index (χ2n) is 5.66. The lowest BCUT2D eigenvalue weighted by molar-refractivity contribution is -0.139. The third kappa shape index (κ3) is 4.80. The summed E-state index contributed by atoms with van der Waals surface area (Å²) in [6.45, 7) is 9.32. The molecule has 0 aliphatic rings. The number of benzene rings is 1. The Morgan fingerprint density at radius 1 is 1.15 bits per heavy atom. The highest BCUT2D eigenvalue weighted by Gasteiger charge is 2.22. The summed E-state index contributed by atoms with van der Waals surface area (Å²) in [7, 11) is 0. The van der Waals surface area contributed by atoms with Crippen LogP contribution in [0.3, 0.4) is 0 Å². The van der Waals surface area contributed by atoms with Crippen molar-refractivity contribution in [2.45, 2.75) is 52.1 Å². The van der Waals surface area contributed by atoms with Crippen molar-refractivity contribution in [1.82, 2.24) is 4.90 Å². The highest BCUT2D eigenvalue weighted by atomic mass is 35.5. The van der Waals surface area contributed by atoms with Crippen molar-refractivity contribution < 1.29 is 9.90 Å². The van der Waals surface area contributed by atoms with Crippen LogP contribution in [0.5, 0.6) is 0 Å². The van der Waals surface area contributed by atoms with E-state index in [1.54, 1.807) is 24.3 Å². The van der Waals surface area contributed by atoms with E-state index in [1.807, 2.05) is 0 Å². The molecule has 0 saturated carbocycles. The zero-order chi connectivity index (χ0) is 15.3. The molecule has 20 heavy (non-hydrogen) atoms. The van der Waals surface area contributed by atoms with Gasteiger partial charge in [-0.3, -0.25) is 9.69 Å². The van der Waals surface area contributed by atoms with Crippen LogP contribution in [0.25, 0.3) is 0 Å². The largest absolute Gasteiger partial charge is 0.481 e. The van der Waals surface area contributed by atoms with E-state index in [0.717, 1.165) is 12.1 Å². The van der Waals surface area contributed by atoms with E-state index in [1.165, 1.54) is 0 Å². The first-order valence-corrected chi connectivity index (χ1v) is 7.44. The van der Waals surface area contributed by atoms with Crippen molar-refractivity contribution in [3.8, 4) is 0 Å². The molecular formula is C16H24ClNO2. The summed E-state index contributed by atoms with van der Waals surface area (Å²) in [5.74, 6) is -1.26. The topological polar surface area (TPSA) is 40.5 Å². The maximum atomic E-state index is 11.5. The molecule has 0 heterocycles. The van der Waals surface area contributed by atoms with Crippen LogP contribution < -0.4 is 0 Å². The first kappa shape index (κ1) is 17.0. The number of aliphatic carboxylic acids is 1. The number of nitrogens with zero attached hydrogens (tertiary/aromatic N) is 1. The van der Waals surface area contributed by atoms with Crippen molar-refractivity contribution in [1.29, 1.82) is 0 Å². The van der Waals surface area contributed by atoms with Crippen molar-refractivity contribution in [2.24, 2.45) is 0 Å². The Kier molecular flexibility index (Phi) is 6.50. The van der Waals surface area contributed by atoms with E-state index < -0.39 is 11.9 Å². The fourth-order valence-electron chi connectivity index (χ4n) is 2.52. The molecule has 1 unspecified atom stereocenters. The highest BCUT2D eigenvalue weighted by Crippen LogP contribution is 2.23. The minimum atomic E-state index is -0.778. The number of hydrogen-bond acceptors (Lipinski definition) is 2. The molecule has 0 bridgehead atoms. The zero-order valence-corrected chi connectivity index (χ0v) is 13.4. The first-order chi connectivity index (χ1) is 9.32. The van der Waals surface area contributed by atoms with E-state index in [0.29, 0.717) is 23.5 Å². The van der Waals surface area contributed by atoms with Gasteiger partial charge in [0.1, 0.15) is 0 Å². The minimum absolute atomic E-state index is 0.412. The minimum Gasteiger partial charge on any atom is -0.481 e. The van der Waals surface area contributed by atoms with Crippen LogP contribution in [0.1, 0.15) is 45.6 Å². The summed E-state index contributed by atoms with van der Waals surface area (Å²) in [6.07, 6.45) is 0.604. The van der Waals surface area contributed by atoms with Gasteiger partial charge < -0.3 is 5.11 Å². The Bertz CT molecular complexity index is 421. The van der Waals surface area contributed by atoms with Gasteiger partial charge in [0.2, 0.25) is 0 Å². The fourth-order valence-corrected chi connectivity index (χ4v) is 2.64. The number of carboxylic acid groups (broad SMARTS) is 1. The van der Waals surface area contributed by atoms with Gasteiger partial charge in [0.25, 0.3) is 0 Å². The molecule has 0 aliphatic carbocycles. The van der Waals surface area contributed by atoms with Crippen LogP contribution in [-0.4, -0.2) is 34.6 Å². The molecule has 0 spiro atoms. The molecule has 0 amide bonds. The number of halogens is 1. The number of rotatable bonds is 7. The van der Waals surface area contributed by atoms with Gasteiger partial charge >= 0.3 is 5.97 Å². The van der Waals surface area contributed by atoms with Crippen LogP contribution in [0.4, 0.5) is 0 Å². The molecule has 4 heteroatoms. The molecule has 0 fully saturated rings. The normalized spacial score (nSPS) is 13.2. The monoisotopic (exact) mass is 297 g/mol. The van der Waals surface area contributed by atoms with E-state index >= 15 is 0 Å². The van der Waals surface area contributed by atoms with Crippen molar-refractivity contribution in [3.63, 3.8) is 0 Å². The van der Waals surface area contributed by atoms with Crippen LogP contribution >= 0.6 is 11.6 Å². The van der Waals surface area contributed by atoms with Crippen molar-refractivity contribution >= 4 is 17.6 Å². The highest BCUT2D eigenvalue weighted by molar-refractivity contribution is 6.30. The van der Waals surface area contributed by atoms with Gasteiger partial charge in [-0.2, -0.15) is 0 Å². The third-order valence-corrected chi connectivity index (χ3v) is 3.83. The van der Waals surface area contributed by atoms with E-state index in [9.17, 15) is 9.90 Å². The Labute approximate surface area is 126 Å². The lowest BCUT2D eigenvalue weighted by Crippen LogP contribution is -2.38. The molecule has 1 aromatic rings. The summed E-state index contributed by atoms with van der Waals surface area (Å²) in [5.41, 5.74) is 0.814. The van der Waals surface area contributed by atoms with Crippen molar-refractivity contribution in [3.05, 3.63) is 34.9 Å². The molecule has 0 saturated heterocycles. The maximum absolute atomic E-state index is 11.5. The van der Waals surface area contributed by atoms with Gasteiger partial charge in [-0.05, 0) is 58.4 Å². The number of hydrogen-bond donors (Lipinski definition) is 1. The predicted molar refractivity (Wildman–Crippen MR) is 83.4 cm³/mol. The number of carboxylic acids is 1. The molecule has 1 N–H and O–H groups in total. The molecule has 1 aromatic carbocycles. The lowest BCUT2D eigenvalue weighted by Gasteiger charge is -2.31. The summed E-state index contributed by atoms with van der Waals surface area (Å²) >= 11 is 5.85. The van der Waals surface area contributed by atoms with Crippen molar-refractivity contribution in [2.75, 3.05) is 6.54 Å². The molecule has 0 aromatic heterocycles. The van der Waals surface area contributed by atoms with E-state index in [2.05, 4.69) is 32.6 Å². The Morgan fingerprint density at radius 2 is 1.65 bits per heavy atom. The van der Waals surface area contributed by atoms with Crippen LogP contribution in [0, 0.1) is 0 Å². The Hall–Kier alpha value is -1.06. The van der Waals surface area contributed by atoms with Crippen LogP contribution in [0.15, 0.2) is 24.3 Å². The molecule has 1 atom stereocenters. The van der Waals surface area contributed by atoms with Gasteiger partial charge in [-0.1, -0.05) is 23.7 Å². The average Bonchev–Trinajstić information content (AvgIpc) is 2.34. The summed E-state index contributed by atoms with van der Waals surface area (Å²) < 4.78 is 0. The zero-order valence-electron chi connectivity index (χ0n) is 12.6. The fraction of sp³-hybridized carbons (Fsp3) is 0.562. The summed E-state index contributed by atoms with van der Waals surface area (Å²) in [4.78, 5) is 13.8. The SMILES string of the molecule is CC(C)N(CCC(C(=O)O)c1ccc(Cl)cc1)C(C)C. The molecule has 3 nitrogen and oxygen atoms in total. The molecule has 0 radical (unpaired) electrons. The summed E-state index contributed by atoms with van der Waals surface area (Å²) in [5, 5.41) is 10.1. The number of carbonyl (C=O) groups is 1. The quantitative estimate of drug-likeness (QED) is 0.826. The van der Waals surface area contributed by atoms with Gasteiger partial charge in [0, 0.05) is 17.1 Å². The Morgan fingerprint density at radius 3 is 2.05 bits per heavy atom. The standard InChI is InChI=1S/C16H24ClNO2/c1-11(2)18(12(3)4)10-9-15(16(19)20)13-5-7-14(17)8-6-13/h5-8,11-12,15H,9-10H2,1-4H3,(H,19,20). The summed E-state index contributed by atoms with van der Waals surface area (Å²) in [6, 6.07) is 7.92. The van der Waals surface area contributed by atoms with Gasteiger partial charge in [-0.25, -0.2) is 0 Å². The maximum Gasteiger partial charge on any atom is 0.311 e. The van der Waals surface area contributed by atoms with Gasteiger partial charge in [0.05, 0.1) is 5.92 Å². The Balaban J connectivity index is 2.78. The van der Waals surface area contributed by atoms with Crippen LogP contribution in [0.2, 0.25) is 5.02 Å². The second kappa shape index (κ2) is 7.65. The molecule has 112 valence electrons.